The molecule has 2 rings (SSSR count). The van der Waals surface area contributed by atoms with E-state index in [9.17, 15) is 8.42 Å². The summed E-state index contributed by atoms with van der Waals surface area (Å²) in [4.78, 5) is -0.202. The molecule has 20 heavy (non-hydrogen) atoms. The third-order valence-corrected chi connectivity index (χ3v) is 3.59. The fourth-order valence-corrected chi connectivity index (χ4v) is 2.03. The van der Waals surface area contributed by atoms with Crippen LogP contribution in [0.5, 0.6) is 0 Å². The number of benzene rings is 2. The molecule has 2 aromatic carbocycles. The van der Waals surface area contributed by atoms with Crippen molar-refractivity contribution in [3.8, 4) is 0 Å². The van der Waals surface area contributed by atoms with E-state index in [4.69, 9.17) is 21.9 Å². The molecule has 0 bridgehead atoms. The van der Waals surface area contributed by atoms with Gasteiger partial charge in [-0.2, -0.15) is 18.6 Å². The molecule has 0 aliphatic rings. The Bertz CT molecular complexity index is 758. The van der Waals surface area contributed by atoms with Crippen LogP contribution in [0.3, 0.4) is 0 Å². The molecule has 8 heteroatoms. The number of rotatable bonds is 3. The standard InChI is InChI=1S/C12H10ClN3O3S/c13-11-7-9(3-6-12(11)14)16-15-8-1-4-10(5-2-8)20(17,18)19/h1-7H,14H2,(H,17,18,19). The highest BCUT2D eigenvalue weighted by molar-refractivity contribution is 7.85. The monoisotopic (exact) mass is 311 g/mol. The van der Waals surface area contributed by atoms with Crippen molar-refractivity contribution in [3.63, 3.8) is 0 Å². The first-order valence-corrected chi connectivity index (χ1v) is 7.22. The van der Waals surface area contributed by atoms with E-state index in [0.29, 0.717) is 22.1 Å². The van der Waals surface area contributed by atoms with E-state index in [1.54, 1.807) is 18.2 Å². The summed E-state index contributed by atoms with van der Waals surface area (Å²) >= 11 is 5.85. The molecule has 0 fully saturated rings. The van der Waals surface area contributed by atoms with Crippen molar-refractivity contribution in [2.24, 2.45) is 10.2 Å². The molecule has 6 nitrogen and oxygen atoms in total. The van der Waals surface area contributed by atoms with Gasteiger partial charge >= 0.3 is 0 Å². The van der Waals surface area contributed by atoms with Crippen LogP contribution >= 0.6 is 11.6 Å². The van der Waals surface area contributed by atoms with Crippen molar-refractivity contribution < 1.29 is 13.0 Å². The second kappa shape index (κ2) is 5.58. The van der Waals surface area contributed by atoms with Gasteiger partial charge in [-0.3, -0.25) is 4.55 Å². The number of anilines is 1. The maximum Gasteiger partial charge on any atom is 0.294 e. The van der Waals surface area contributed by atoms with Crippen LogP contribution in [0.1, 0.15) is 0 Å². The molecule has 0 atom stereocenters. The lowest BCUT2D eigenvalue weighted by Gasteiger charge is -1.99. The highest BCUT2D eigenvalue weighted by Gasteiger charge is 2.08. The lowest BCUT2D eigenvalue weighted by molar-refractivity contribution is 0.483. The zero-order chi connectivity index (χ0) is 14.8. The van der Waals surface area contributed by atoms with Gasteiger partial charge in [-0.25, -0.2) is 0 Å². The van der Waals surface area contributed by atoms with Crippen LogP contribution in [0.4, 0.5) is 17.1 Å². The van der Waals surface area contributed by atoms with Gasteiger partial charge in [-0.15, -0.1) is 0 Å². The van der Waals surface area contributed by atoms with Crippen molar-refractivity contribution in [3.05, 3.63) is 47.5 Å². The molecule has 2 aromatic rings. The van der Waals surface area contributed by atoms with Gasteiger partial charge in [0.05, 0.1) is 27.0 Å². The van der Waals surface area contributed by atoms with Gasteiger partial charge in [-0.05, 0) is 42.5 Å². The van der Waals surface area contributed by atoms with Gasteiger partial charge in [-0.1, -0.05) is 11.6 Å². The Morgan fingerprint density at radius 3 is 2.10 bits per heavy atom. The molecule has 0 heterocycles. The number of azo groups is 1. The number of nitrogen functional groups attached to an aromatic ring is 1. The van der Waals surface area contributed by atoms with Crippen molar-refractivity contribution in [2.45, 2.75) is 4.90 Å². The second-order valence-electron chi connectivity index (χ2n) is 3.87. The Kier molecular flexibility index (Phi) is 4.03. The van der Waals surface area contributed by atoms with E-state index < -0.39 is 10.1 Å². The number of hydrogen-bond donors (Lipinski definition) is 2. The van der Waals surface area contributed by atoms with Crippen LogP contribution < -0.4 is 5.73 Å². The summed E-state index contributed by atoms with van der Waals surface area (Å²) < 4.78 is 30.6. The molecule has 0 unspecified atom stereocenters. The third-order valence-electron chi connectivity index (χ3n) is 2.40. The largest absolute Gasteiger partial charge is 0.398 e. The zero-order valence-corrected chi connectivity index (χ0v) is 11.6. The summed E-state index contributed by atoms with van der Waals surface area (Å²) in [6, 6.07) is 10.1. The van der Waals surface area contributed by atoms with Crippen LogP contribution in [0.25, 0.3) is 0 Å². The number of halogens is 1. The minimum Gasteiger partial charge on any atom is -0.398 e. The van der Waals surface area contributed by atoms with E-state index in [0.717, 1.165) is 0 Å². The average Bonchev–Trinajstić information content (AvgIpc) is 2.40. The summed E-state index contributed by atoms with van der Waals surface area (Å²) in [6.07, 6.45) is 0. The highest BCUT2D eigenvalue weighted by atomic mass is 35.5. The van der Waals surface area contributed by atoms with Crippen molar-refractivity contribution in [1.82, 2.24) is 0 Å². The van der Waals surface area contributed by atoms with Gasteiger partial charge < -0.3 is 5.73 Å². The Hall–Kier alpha value is -1.96. The van der Waals surface area contributed by atoms with E-state index in [1.807, 2.05) is 0 Å². The normalized spacial score (nSPS) is 11.9. The minimum absolute atomic E-state index is 0.202. The quantitative estimate of drug-likeness (QED) is 0.513. The van der Waals surface area contributed by atoms with Crippen LogP contribution in [0, 0.1) is 0 Å². The highest BCUT2D eigenvalue weighted by Crippen LogP contribution is 2.26. The van der Waals surface area contributed by atoms with E-state index in [2.05, 4.69) is 10.2 Å². The maximum absolute atomic E-state index is 10.9. The van der Waals surface area contributed by atoms with Gasteiger partial charge in [0.1, 0.15) is 0 Å². The lowest BCUT2D eigenvalue weighted by Crippen LogP contribution is -1.96. The summed E-state index contributed by atoms with van der Waals surface area (Å²) in [7, 11) is -4.20. The molecule has 0 amide bonds. The predicted molar refractivity (Wildman–Crippen MR) is 76.3 cm³/mol. The number of hydrogen-bond acceptors (Lipinski definition) is 5. The first-order valence-electron chi connectivity index (χ1n) is 5.40. The molecule has 0 saturated heterocycles. The topological polar surface area (TPSA) is 105 Å². The fourth-order valence-electron chi connectivity index (χ4n) is 1.38. The van der Waals surface area contributed by atoms with E-state index in [-0.39, 0.29) is 4.90 Å². The Morgan fingerprint density at radius 1 is 1.00 bits per heavy atom. The first-order chi connectivity index (χ1) is 9.36. The molecule has 0 spiro atoms. The lowest BCUT2D eigenvalue weighted by atomic mass is 10.3. The van der Waals surface area contributed by atoms with Crippen LogP contribution in [-0.2, 0) is 10.1 Å². The van der Waals surface area contributed by atoms with Gasteiger partial charge in [0.2, 0.25) is 0 Å². The first kappa shape index (κ1) is 14.4. The minimum atomic E-state index is -4.20. The molecule has 0 saturated carbocycles. The predicted octanol–water partition coefficient (Wildman–Crippen LogP) is 3.58. The van der Waals surface area contributed by atoms with Crippen LogP contribution in [-0.4, -0.2) is 13.0 Å². The average molecular weight is 312 g/mol. The third kappa shape index (κ3) is 3.53. The Labute approximate surface area is 120 Å². The second-order valence-corrected chi connectivity index (χ2v) is 5.70. The van der Waals surface area contributed by atoms with E-state index in [1.165, 1.54) is 24.3 Å². The fraction of sp³-hybridized carbons (Fsp3) is 0. The van der Waals surface area contributed by atoms with Gasteiger partial charge in [0, 0.05) is 0 Å². The van der Waals surface area contributed by atoms with Gasteiger partial charge in [0.15, 0.2) is 0 Å². The molecule has 0 radical (unpaired) electrons. The summed E-state index contributed by atoms with van der Waals surface area (Å²) in [5, 5.41) is 8.24. The zero-order valence-electron chi connectivity index (χ0n) is 10.1. The van der Waals surface area contributed by atoms with Crippen molar-refractivity contribution in [2.75, 3.05) is 5.73 Å². The Morgan fingerprint density at radius 2 is 1.55 bits per heavy atom. The Balaban J connectivity index is 2.21. The molecule has 0 aliphatic carbocycles. The van der Waals surface area contributed by atoms with Crippen LogP contribution in [0.2, 0.25) is 5.02 Å². The molecule has 0 aliphatic heterocycles. The van der Waals surface area contributed by atoms with Crippen molar-refractivity contribution >= 4 is 38.8 Å². The van der Waals surface area contributed by atoms with E-state index >= 15 is 0 Å². The SMILES string of the molecule is Nc1ccc(N=Nc2ccc(S(=O)(=O)O)cc2)cc1Cl. The smallest absolute Gasteiger partial charge is 0.294 e. The number of nitrogens with two attached hydrogens (primary N) is 1. The van der Waals surface area contributed by atoms with Gasteiger partial charge in [0.25, 0.3) is 10.1 Å². The molecule has 104 valence electrons. The molecular formula is C12H10ClN3O3S. The summed E-state index contributed by atoms with van der Waals surface area (Å²) in [5.41, 5.74) is 6.97. The maximum atomic E-state index is 10.9. The summed E-state index contributed by atoms with van der Waals surface area (Å²) in [5.74, 6) is 0. The summed E-state index contributed by atoms with van der Waals surface area (Å²) in [6.45, 7) is 0. The number of nitrogens with zero attached hydrogens (tertiary/aromatic N) is 2. The molecule has 0 aromatic heterocycles. The van der Waals surface area contributed by atoms with Crippen LogP contribution in [0.15, 0.2) is 57.6 Å². The van der Waals surface area contributed by atoms with Crippen molar-refractivity contribution in [1.29, 1.82) is 0 Å². The molecule has 3 N–H and O–H groups in total. The molecular weight excluding hydrogens is 302 g/mol.